The molecule has 1 aromatic heterocycles. The van der Waals surface area contributed by atoms with Crippen LogP contribution < -0.4 is 10.7 Å². The van der Waals surface area contributed by atoms with Crippen molar-refractivity contribution in [3.05, 3.63) is 72.9 Å². The summed E-state index contributed by atoms with van der Waals surface area (Å²) in [5.74, 6) is -0.429. The molecule has 4 nitrogen and oxygen atoms in total. The van der Waals surface area contributed by atoms with Crippen LogP contribution in [0.5, 0.6) is 0 Å². The summed E-state index contributed by atoms with van der Waals surface area (Å²) < 4.78 is 2.87. The van der Waals surface area contributed by atoms with Gasteiger partial charge in [0.1, 0.15) is 5.56 Å². The quantitative estimate of drug-likeness (QED) is 0.614. The maximum absolute atomic E-state index is 13.0. The Kier molecular flexibility index (Phi) is 4.16. The summed E-state index contributed by atoms with van der Waals surface area (Å²) in [6.07, 6.45) is 2.51. The first-order chi connectivity index (χ1) is 12.3. The van der Waals surface area contributed by atoms with Crippen LogP contribution in [-0.2, 0) is 6.42 Å². The molecule has 1 N–H and O–H groups in total. The molecule has 0 fully saturated rings. The first-order valence-electron chi connectivity index (χ1n) is 8.30. The van der Waals surface area contributed by atoms with Crippen LogP contribution >= 0.6 is 27.5 Å². The normalized spacial score (nSPS) is 15.5. The van der Waals surface area contributed by atoms with E-state index in [9.17, 15) is 9.59 Å². The van der Waals surface area contributed by atoms with Gasteiger partial charge in [-0.15, -0.1) is 0 Å². The number of nitrogens with zero attached hydrogens (tertiary/aromatic N) is 1. The Morgan fingerprint density at radius 1 is 1.31 bits per heavy atom. The Balaban J connectivity index is 1.82. The number of nitrogens with one attached hydrogen (secondary N) is 1. The lowest BCUT2D eigenvalue weighted by Crippen LogP contribution is -2.23. The maximum atomic E-state index is 13.0. The molecule has 132 valence electrons. The summed E-state index contributed by atoms with van der Waals surface area (Å²) in [7, 11) is 0. The minimum Gasteiger partial charge on any atom is -0.343 e. The smallest absolute Gasteiger partial charge is 0.261 e. The molecule has 0 spiro atoms. The van der Waals surface area contributed by atoms with Gasteiger partial charge in [0, 0.05) is 32.8 Å². The molecular weight excluding hydrogens is 416 g/mol. The molecule has 0 saturated carbocycles. The number of benzene rings is 2. The second-order valence-corrected chi connectivity index (χ2v) is 8.03. The molecule has 26 heavy (non-hydrogen) atoms. The molecule has 1 atom stereocenters. The maximum Gasteiger partial charge on any atom is 0.261 e. The van der Waals surface area contributed by atoms with Crippen molar-refractivity contribution in [2.45, 2.75) is 26.3 Å². The number of amides is 1. The zero-order chi connectivity index (χ0) is 18.6. The number of hydrogen-bond donors (Lipinski definition) is 1. The molecule has 4 rings (SSSR count). The van der Waals surface area contributed by atoms with Crippen LogP contribution in [0.2, 0.25) is 5.02 Å². The van der Waals surface area contributed by atoms with Gasteiger partial charge < -0.3 is 9.88 Å². The highest BCUT2D eigenvalue weighted by molar-refractivity contribution is 9.10. The average Bonchev–Trinajstić information content (AvgIpc) is 2.89. The fraction of sp³-hybridized carbons (Fsp3) is 0.200. The highest BCUT2D eigenvalue weighted by atomic mass is 79.9. The zero-order valence-corrected chi connectivity index (χ0v) is 16.6. The Hall–Kier alpha value is -2.11. The Bertz CT molecular complexity index is 1140. The Morgan fingerprint density at radius 3 is 2.81 bits per heavy atom. The van der Waals surface area contributed by atoms with Crippen LogP contribution in [0.1, 0.15) is 34.5 Å². The van der Waals surface area contributed by atoms with E-state index < -0.39 is 5.91 Å². The number of anilines is 1. The van der Waals surface area contributed by atoms with Crippen molar-refractivity contribution in [3.8, 4) is 0 Å². The van der Waals surface area contributed by atoms with Crippen molar-refractivity contribution in [2.24, 2.45) is 0 Å². The minimum absolute atomic E-state index is 0.131. The molecule has 1 unspecified atom stereocenters. The standard InChI is InChI=1S/C20H16BrClN2O2/c1-10-3-4-14(8-17(10)22)23-20(26)16-9-24-11(2)5-12-6-13(21)7-15(18(12)24)19(16)25/h3-4,6-9,11H,5H2,1-2H3,(H,23,26). The predicted octanol–water partition coefficient (Wildman–Crippen LogP) is 5.10. The average molecular weight is 432 g/mol. The van der Waals surface area contributed by atoms with Crippen molar-refractivity contribution >= 4 is 50.0 Å². The summed E-state index contributed by atoms with van der Waals surface area (Å²) in [6, 6.07) is 9.31. The largest absolute Gasteiger partial charge is 0.343 e. The van der Waals surface area contributed by atoms with Crippen LogP contribution in [0.3, 0.4) is 0 Å². The number of aryl methyl sites for hydroxylation is 1. The summed E-state index contributed by atoms with van der Waals surface area (Å²) in [6.45, 7) is 3.97. The van der Waals surface area contributed by atoms with E-state index in [1.807, 2.05) is 23.6 Å². The number of aromatic nitrogens is 1. The van der Waals surface area contributed by atoms with E-state index in [1.54, 1.807) is 24.4 Å². The second kappa shape index (κ2) is 6.25. The molecule has 0 aliphatic carbocycles. The van der Waals surface area contributed by atoms with E-state index in [-0.39, 0.29) is 17.0 Å². The van der Waals surface area contributed by atoms with E-state index in [4.69, 9.17) is 11.6 Å². The van der Waals surface area contributed by atoms with Gasteiger partial charge in [-0.2, -0.15) is 0 Å². The first-order valence-corrected chi connectivity index (χ1v) is 9.47. The molecule has 0 saturated heterocycles. The Morgan fingerprint density at radius 2 is 2.08 bits per heavy atom. The predicted molar refractivity (Wildman–Crippen MR) is 108 cm³/mol. The van der Waals surface area contributed by atoms with Crippen LogP contribution in [-0.4, -0.2) is 10.5 Å². The number of carbonyl (C=O) groups is 1. The van der Waals surface area contributed by atoms with E-state index in [1.165, 1.54) is 0 Å². The van der Waals surface area contributed by atoms with Gasteiger partial charge in [-0.05, 0) is 55.7 Å². The molecule has 3 aromatic rings. The van der Waals surface area contributed by atoms with Gasteiger partial charge in [-0.1, -0.05) is 33.6 Å². The van der Waals surface area contributed by atoms with Gasteiger partial charge in [0.15, 0.2) is 0 Å². The number of hydrogen-bond acceptors (Lipinski definition) is 2. The lowest BCUT2D eigenvalue weighted by Gasteiger charge is -2.13. The number of rotatable bonds is 2. The number of pyridine rings is 1. The summed E-state index contributed by atoms with van der Waals surface area (Å²) in [4.78, 5) is 25.7. The van der Waals surface area contributed by atoms with Crippen LogP contribution in [0.4, 0.5) is 5.69 Å². The minimum atomic E-state index is -0.429. The van der Waals surface area contributed by atoms with Gasteiger partial charge in [-0.25, -0.2) is 0 Å². The lowest BCUT2D eigenvalue weighted by atomic mass is 10.1. The SMILES string of the molecule is Cc1ccc(NC(=O)c2cn3c4c(cc(Br)cc4c2=O)CC3C)cc1Cl. The fourth-order valence-electron chi connectivity index (χ4n) is 3.49. The van der Waals surface area contributed by atoms with Crippen molar-refractivity contribution in [1.82, 2.24) is 4.57 Å². The summed E-state index contributed by atoms with van der Waals surface area (Å²) in [5.41, 5.74) is 3.40. The fourth-order valence-corrected chi connectivity index (χ4v) is 4.18. The van der Waals surface area contributed by atoms with Crippen LogP contribution in [0.25, 0.3) is 10.9 Å². The van der Waals surface area contributed by atoms with Gasteiger partial charge >= 0.3 is 0 Å². The van der Waals surface area contributed by atoms with Crippen molar-refractivity contribution in [3.63, 3.8) is 0 Å². The van der Waals surface area contributed by atoms with Crippen LogP contribution in [0, 0.1) is 6.92 Å². The molecule has 1 amide bonds. The van der Waals surface area contributed by atoms with E-state index in [2.05, 4.69) is 28.2 Å². The first kappa shape index (κ1) is 17.3. The van der Waals surface area contributed by atoms with E-state index >= 15 is 0 Å². The third-order valence-electron chi connectivity index (χ3n) is 4.83. The van der Waals surface area contributed by atoms with E-state index in [0.29, 0.717) is 16.1 Å². The van der Waals surface area contributed by atoms with Crippen molar-refractivity contribution in [2.75, 3.05) is 5.32 Å². The highest BCUT2D eigenvalue weighted by Crippen LogP contribution is 2.33. The summed E-state index contributed by atoms with van der Waals surface area (Å²) in [5, 5.41) is 3.91. The number of halogens is 2. The monoisotopic (exact) mass is 430 g/mol. The third-order valence-corrected chi connectivity index (χ3v) is 5.70. The van der Waals surface area contributed by atoms with Crippen molar-refractivity contribution in [1.29, 1.82) is 0 Å². The molecule has 2 aromatic carbocycles. The van der Waals surface area contributed by atoms with E-state index in [0.717, 1.165) is 27.5 Å². The van der Waals surface area contributed by atoms with Gasteiger partial charge in [0.25, 0.3) is 5.91 Å². The van der Waals surface area contributed by atoms with Gasteiger partial charge in [0.05, 0.1) is 5.52 Å². The Labute approximate surface area is 163 Å². The highest BCUT2D eigenvalue weighted by Gasteiger charge is 2.25. The molecule has 0 bridgehead atoms. The molecule has 2 heterocycles. The van der Waals surface area contributed by atoms with Crippen molar-refractivity contribution < 1.29 is 4.79 Å². The zero-order valence-electron chi connectivity index (χ0n) is 14.3. The third kappa shape index (κ3) is 2.75. The van der Waals surface area contributed by atoms with Gasteiger partial charge in [0.2, 0.25) is 5.43 Å². The van der Waals surface area contributed by atoms with Gasteiger partial charge in [-0.3, -0.25) is 9.59 Å². The van der Waals surface area contributed by atoms with Crippen LogP contribution in [0.15, 0.2) is 45.8 Å². The number of carbonyl (C=O) groups excluding carboxylic acids is 1. The molecule has 6 heteroatoms. The molecule has 0 radical (unpaired) electrons. The molecule has 1 aliphatic rings. The molecule has 1 aliphatic heterocycles. The summed E-state index contributed by atoms with van der Waals surface area (Å²) >= 11 is 9.59. The topological polar surface area (TPSA) is 51.1 Å². The second-order valence-electron chi connectivity index (χ2n) is 6.71. The molecular formula is C20H16BrClN2O2. The lowest BCUT2D eigenvalue weighted by molar-refractivity contribution is 0.102.